The number of fused-ring (bicyclic) bond motifs is 1. The molecule has 0 aliphatic rings. The molecule has 0 aliphatic heterocycles. The number of benzene rings is 2. The van der Waals surface area contributed by atoms with Gasteiger partial charge in [0.15, 0.2) is 0 Å². The summed E-state index contributed by atoms with van der Waals surface area (Å²) in [6.07, 6.45) is 1.16. The molecular formula is C30H39N5O6. The monoisotopic (exact) mass is 565 g/mol. The Bertz CT molecular complexity index is 1340. The number of para-hydroxylation sites is 1. The minimum Gasteiger partial charge on any atom is -0.480 e. The maximum Gasteiger partial charge on any atom is 0.326 e. The number of amides is 3. The van der Waals surface area contributed by atoms with Gasteiger partial charge in [0, 0.05) is 23.5 Å². The van der Waals surface area contributed by atoms with Crippen molar-refractivity contribution in [1.82, 2.24) is 20.9 Å². The first kappa shape index (κ1) is 31.3. The van der Waals surface area contributed by atoms with Crippen LogP contribution in [0.5, 0.6) is 0 Å². The Morgan fingerprint density at radius 1 is 0.854 bits per heavy atom. The fourth-order valence-corrected chi connectivity index (χ4v) is 4.55. The summed E-state index contributed by atoms with van der Waals surface area (Å²) in [6.45, 7) is 4.91. The van der Waals surface area contributed by atoms with Gasteiger partial charge in [0.2, 0.25) is 17.7 Å². The Kier molecular flexibility index (Phi) is 11.0. The number of aliphatic hydroxyl groups is 1. The van der Waals surface area contributed by atoms with Crippen LogP contribution < -0.4 is 21.7 Å². The molecule has 6 atom stereocenters. The number of hydrogen-bond donors (Lipinski definition) is 7. The van der Waals surface area contributed by atoms with Crippen molar-refractivity contribution in [3.63, 3.8) is 0 Å². The molecule has 0 saturated heterocycles. The van der Waals surface area contributed by atoms with Gasteiger partial charge in [0.25, 0.3) is 0 Å². The zero-order chi connectivity index (χ0) is 30.1. The third-order valence-corrected chi connectivity index (χ3v) is 7.20. The summed E-state index contributed by atoms with van der Waals surface area (Å²) < 4.78 is 0. The normalized spacial score (nSPS) is 15.6. The predicted octanol–water partition coefficient (Wildman–Crippen LogP) is 1.25. The van der Waals surface area contributed by atoms with Crippen molar-refractivity contribution in [2.45, 2.75) is 70.3 Å². The fourth-order valence-electron chi connectivity index (χ4n) is 4.55. The summed E-state index contributed by atoms with van der Waals surface area (Å²) >= 11 is 0. The van der Waals surface area contributed by atoms with Gasteiger partial charge in [-0.3, -0.25) is 14.4 Å². The van der Waals surface area contributed by atoms with Crippen LogP contribution in [0.25, 0.3) is 10.9 Å². The summed E-state index contributed by atoms with van der Waals surface area (Å²) in [5.41, 5.74) is 8.45. The molecule has 6 unspecified atom stereocenters. The number of carbonyl (C=O) groups excluding carboxylic acids is 3. The SMILES string of the molecule is CCC(C)C(NC(=O)C(NC(=O)C(N)Cc1ccccc1)C(C)O)C(=O)NC(Cc1c[nH]c2ccccc12)C(=O)O. The molecule has 2 aromatic carbocycles. The molecule has 3 rings (SSSR count). The number of nitrogens with two attached hydrogens (primary N) is 1. The van der Waals surface area contributed by atoms with Gasteiger partial charge in [-0.2, -0.15) is 0 Å². The lowest BCUT2D eigenvalue weighted by Crippen LogP contribution is -2.61. The topological polar surface area (TPSA) is 187 Å². The lowest BCUT2D eigenvalue weighted by molar-refractivity contribution is -0.142. The van der Waals surface area contributed by atoms with E-state index in [0.717, 1.165) is 22.0 Å². The Morgan fingerprint density at radius 3 is 2.10 bits per heavy atom. The van der Waals surface area contributed by atoms with E-state index in [2.05, 4.69) is 20.9 Å². The first-order valence-electron chi connectivity index (χ1n) is 13.7. The van der Waals surface area contributed by atoms with Gasteiger partial charge in [-0.1, -0.05) is 68.8 Å². The predicted molar refractivity (Wildman–Crippen MR) is 155 cm³/mol. The summed E-state index contributed by atoms with van der Waals surface area (Å²) in [4.78, 5) is 54.5. The summed E-state index contributed by atoms with van der Waals surface area (Å²) in [6, 6.07) is 11.8. The number of carbonyl (C=O) groups is 4. The number of carboxylic acids is 1. The highest BCUT2D eigenvalue weighted by atomic mass is 16.4. The molecule has 1 aromatic heterocycles. The van der Waals surface area contributed by atoms with Crippen LogP contribution in [0.2, 0.25) is 0 Å². The number of aliphatic hydroxyl groups excluding tert-OH is 1. The quantitative estimate of drug-likeness (QED) is 0.153. The molecule has 11 heteroatoms. The highest BCUT2D eigenvalue weighted by molar-refractivity contribution is 5.95. The van der Waals surface area contributed by atoms with Crippen LogP contribution in [0, 0.1) is 5.92 Å². The molecular weight excluding hydrogens is 526 g/mol. The largest absolute Gasteiger partial charge is 0.480 e. The molecule has 3 aromatic rings. The number of aromatic amines is 1. The van der Waals surface area contributed by atoms with Crippen molar-refractivity contribution in [1.29, 1.82) is 0 Å². The maximum atomic E-state index is 13.3. The van der Waals surface area contributed by atoms with Gasteiger partial charge >= 0.3 is 5.97 Å². The van der Waals surface area contributed by atoms with Crippen molar-refractivity contribution in [2.24, 2.45) is 11.7 Å². The van der Waals surface area contributed by atoms with Crippen LogP contribution in [0.15, 0.2) is 60.8 Å². The van der Waals surface area contributed by atoms with Crippen LogP contribution in [-0.4, -0.2) is 69.2 Å². The summed E-state index contributed by atoms with van der Waals surface area (Å²) in [7, 11) is 0. The van der Waals surface area contributed by atoms with E-state index in [1.165, 1.54) is 6.92 Å². The molecule has 3 amide bonds. The van der Waals surface area contributed by atoms with Crippen molar-refractivity contribution in [3.8, 4) is 0 Å². The van der Waals surface area contributed by atoms with Gasteiger partial charge in [0.1, 0.15) is 18.1 Å². The number of rotatable bonds is 14. The average molecular weight is 566 g/mol. The van der Waals surface area contributed by atoms with Crippen LogP contribution in [0.3, 0.4) is 0 Å². The van der Waals surface area contributed by atoms with Gasteiger partial charge in [-0.15, -0.1) is 0 Å². The zero-order valence-corrected chi connectivity index (χ0v) is 23.5. The van der Waals surface area contributed by atoms with Gasteiger partial charge < -0.3 is 36.9 Å². The molecule has 0 bridgehead atoms. The Morgan fingerprint density at radius 2 is 1.46 bits per heavy atom. The third kappa shape index (κ3) is 8.38. The van der Waals surface area contributed by atoms with Gasteiger partial charge in [-0.05, 0) is 36.5 Å². The Hall–Kier alpha value is -4.22. The second kappa shape index (κ2) is 14.4. The van der Waals surface area contributed by atoms with E-state index in [4.69, 9.17) is 5.73 Å². The second-order valence-electron chi connectivity index (χ2n) is 10.4. The van der Waals surface area contributed by atoms with Crippen molar-refractivity contribution in [3.05, 3.63) is 71.9 Å². The molecule has 11 nitrogen and oxygen atoms in total. The van der Waals surface area contributed by atoms with Crippen molar-refractivity contribution >= 4 is 34.6 Å². The molecule has 41 heavy (non-hydrogen) atoms. The number of aliphatic carboxylic acids is 1. The highest BCUT2D eigenvalue weighted by Crippen LogP contribution is 2.19. The van der Waals surface area contributed by atoms with E-state index in [1.807, 2.05) is 61.5 Å². The van der Waals surface area contributed by atoms with Crippen LogP contribution in [0.4, 0.5) is 0 Å². The lowest BCUT2D eigenvalue weighted by Gasteiger charge is -2.29. The molecule has 0 aliphatic carbocycles. The number of hydrogen-bond acceptors (Lipinski definition) is 6. The molecule has 220 valence electrons. The first-order valence-corrected chi connectivity index (χ1v) is 13.7. The van der Waals surface area contributed by atoms with E-state index >= 15 is 0 Å². The standard InChI is InChI=1S/C30H39N5O6/c1-4-17(2)25(28(38)33-24(30(40)41)15-20-16-32-23-13-9-8-12-21(20)23)34-29(39)26(18(3)36)35-27(37)22(31)14-19-10-6-5-7-11-19/h5-13,16-18,22,24-26,32,36H,4,14-15,31H2,1-3H3,(H,33,38)(H,34,39)(H,35,37)(H,40,41). The first-order chi connectivity index (χ1) is 19.5. The summed E-state index contributed by atoms with van der Waals surface area (Å²) in [5, 5.41) is 28.7. The minimum absolute atomic E-state index is 0.0257. The third-order valence-electron chi connectivity index (χ3n) is 7.20. The molecule has 1 heterocycles. The van der Waals surface area contributed by atoms with Crippen LogP contribution in [-0.2, 0) is 32.0 Å². The highest BCUT2D eigenvalue weighted by Gasteiger charge is 2.34. The fraction of sp³-hybridized carbons (Fsp3) is 0.400. The van der Waals surface area contributed by atoms with E-state index in [-0.39, 0.29) is 18.8 Å². The van der Waals surface area contributed by atoms with E-state index in [9.17, 15) is 29.4 Å². The average Bonchev–Trinajstić information content (AvgIpc) is 3.36. The maximum absolute atomic E-state index is 13.3. The molecule has 0 saturated carbocycles. The molecule has 0 radical (unpaired) electrons. The van der Waals surface area contributed by atoms with E-state index in [1.54, 1.807) is 13.1 Å². The summed E-state index contributed by atoms with van der Waals surface area (Å²) in [5.74, 6) is -3.71. The Labute approximate surface area is 238 Å². The number of nitrogens with one attached hydrogen (secondary N) is 4. The van der Waals surface area contributed by atoms with Gasteiger partial charge in [-0.25, -0.2) is 4.79 Å². The van der Waals surface area contributed by atoms with E-state index in [0.29, 0.717) is 6.42 Å². The number of aromatic nitrogens is 1. The molecule has 0 fully saturated rings. The second-order valence-corrected chi connectivity index (χ2v) is 10.4. The minimum atomic E-state index is -1.38. The van der Waals surface area contributed by atoms with E-state index < -0.39 is 54.0 Å². The Balaban J connectivity index is 1.70. The number of carboxylic acid groups (broad SMARTS) is 1. The van der Waals surface area contributed by atoms with Crippen molar-refractivity contribution < 1.29 is 29.4 Å². The smallest absolute Gasteiger partial charge is 0.326 e. The van der Waals surface area contributed by atoms with Crippen molar-refractivity contribution in [2.75, 3.05) is 0 Å². The van der Waals surface area contributed by atoms with Gasteiger partial charge in [0.05, 0.1) is 12.1 Å². The van der Waals surface area contributed by atoms with Crippen LogP contribution >= 0.6 is 0 Å². The molecule has 8 N–H and O–H groups in total. The lowest BCUT2D eigenvalue weighted by atomic mass is 9.96. The number of H-pyrrole nitrogens is 1. The zero-order valence-electron chi connectivity index (χ0n) is 23.5. The molecule has 0 spiro atoms. The van der Waals surface area contributed by atoms with Crippen LogP contribution in [0.1, 0.15) is 38.3 Å².